The monoisotopic (exact) mass is 275 g/mol. The van der Waals surface area contributed by atoms with Gasteiger partial charge in [0.2, 0.25) is 0 Å². The van der Waals surface area contributed by atoms with Gasteiger partial charge in [0.15, 0.2) is 0 Å². The van der Waals surface area contributed by atoms with Crippen molar-refractivity contribution in [2.45, 2.75) is 25.5 Å². The van der Waals surface area contributed by atoms with Gasteiger partial charge in [-0.15, -0.1) is 0 Å². The van der Waals surface area contributed by atoms with Crippen molar-refractivity contribution in [1.29, 1.82) is 0 Å². The standard InChI is InChI=1S/C16H21NOS/c1-3-10-17-15(14-9-11-19-12-14)16(18-2)13-7-5-4-6-8-13/h4-9,11-12,15-17H,3,10H2,1-2H3. The molecule has 102 valence electrons. The number of thiophene rings is 1. The molecule has 0 amide bonds. The molecular formula is C16H21NOS. The second-order valence-corrected chi connectivity index (χ2v) is 5.34. The molecule has 2 nitrogen and oxygen atoms in total. The molecular weight excluding hydrogens is 254 g/mol. The Hall–Kier alpha value is -1.16. The van der Waals surface area contributed by atoms with Crippen molar-refractivity contribution in [2.75, 3.05) is 13.7 Å². The van der Waals surface area contributed by atoms with Gasteiger partial charge in [-0.1, -0.05) is 37.3 Å². The lowest BCUT2D eigenvalue weighted by molar-refractivity contribution is 0.0677. The highest BCUT2D eigenvalue weighted by Gasteiger charge is 2.24. The maximum absolute atomic E-state index is 5.76. The van der Waals surface area contributed by atoms with Crippen LogP contribution in [-0.4, -0.2) is 13.7 Å². The van der Waals surface area contributed by atoms with Gasteiger partial charge in [-0.25, -0.2) is 0 Å². The van der Waals surface area contributed by atoms with E-state index in [1.165, 1.54) is 11.1 Å². The minimum absolute atomic E-state index is 0.0438. The number of methoxy groups -OCH3 is 1. The summed E-state index contributed by atoms with van der Waals surface area (Å²) in [5.41, 5.74) is 2.51. The summed E-state index contributed by atoms with van der Waals surface area (Å²) in [7, 11) is 1.78. The summed E-state index contributed by atoms with van der Waals surface area (Å²) in [5.74, 6) is 0. The van der Waals surface area contributed by atoms with Crippen LogP contribution in [0.25, 0.3) is 0 Å². The molecule has 19 heavy (non-hydrogen) atoms. The zero-order valence-corrected chi connectivity index (χ0v) is 12.3. The molecule has 3 heteroatoms. The highest BCUT2D eigenvalue weighted by molar-refractivity contribution is 7.07. The Morgan fingerprint density at radius 1 is 1.16 bits per heavy atom. The molecule has 0 bridgehead atoms. The van der Waals surface area contributed by atoms with Gasteiger partial charge in [0, 0.05) is 7.11 Å². The molecule has 0 saturated carbocycles. The molecule has 2 rings (SSSR count). The molecule has 0 fully saturated rings. The van der Waals surface area contributed by atoms with Crippen LogP contribution in [0.15, 0.2) is 47.2 Å². The second kappa shape index (κ2) is 7.43. The van der Waals surface area contributed by atoms with Crippen LogP contribution in [0.2, 0.25) is 0 Å². The third-order valence-corrected chi connectivity index (χ3v) is 3.90. The summed E-state index contributed by atoms with van der Waals surface area (Å²) in [4.78, 5) is 0. The van der Waals surface area contributed by atoms with Crippen molar-refractivity contribution in [2.24, 2.45) is 0 Å². The number of hydrogen-bond acceptors (Lipinski definition) is 3. The fourth-order valence-corrected chi connectivity index (χ4v) is 2.96. The van der Waals surface area contributed by atoms with E-state index in [0.717, 1.165) is 13.0 Å². The van der Waals surface area contributed by atoms with E-state index in [0.29, 0.717) is 0 Å². The SMILES string of the molecule is CCCNC(c1ccsc1)C(OC)c1ccccc1. The number of rotatable bonds is 7. The van der Waals surface area contributed by atoms with Gasteiger partial charge in [-0.3, -0.25) is 0 Å². The van der Waals surface area contributed by atoms with Gasteiger partial charge in [0.05, 0.1) is 6.04 Å². The third-order valence-electron chi connectivity index (χ3n) is 3.20. The molecule has 1 aromatic carbocycles. The number of ether oxygens (including phenoxy) is 1. The molecule has 0 aliphatic heterocycles. The maximum Gasteiger partial charge on any atom is 0.102 e. The van der Waals surface area contributed by atoms with Crippen molar-refractivity contribution in [3.8, 4) is 0 Å². The molecule has 0 aliphatic rings. The molecule has 1 aromatic heterocycles. The molecule has 2 atom stereocenters. The summed E-state index contributed by atoms with van der Waals surface area (Å²) in [5, 5.41) is 7.92. The Morgan fingerprint density at radius 2 is 1.95 bits per heavy atom. The molecule has 0 radical (unpaired) electrons. The number of benzene rings is 1. The lowest BCUT2D eigenvalue weighted by atomic mass is 9.97. The summed E-state index contributed by atoms with van der Waals surface area (Å²) >= 11 is 1.73. The smallest absolute Gasteiger partial charge is 0.102 e. The van der Waals surface area contributed by atoms with Crippen LogP contribution in [0.4, 0.5) is 0 Å². The summed E-state index contributed by atoms with van der Waals surface area (Å²) in [6.07, 6.45) is 1.16. The highest BCUT2D eigenvalue weighted by Crippen LogP contribution is 2.32. The first-order chi connectivity index (χ1) is 9.36. The molecule has 1 heterocycles. The topological polar surface area (TPSA) is 21.3 Å². The predicted molar refractivity (Wildman–Crippen MR) is 81.5 cm³/mol. The first-order valence-corrected chi connectivity index (χ1v) is 7.64. The third kappa shape index (κ3) is 3.66. The molecule has 2 aromatic rings. The van der Waals surface area contributed by atoms with Crippen molar-refractivity contribution >= 4 is 11.3 Å². The Balaban J connectivity index is 2.25. The van der Waals surface area contributed by atoms with Gasteiger partial charge in [-0.05, 0) is 40.9 Å². The fourth-order valence-electron chi connectivity index (χ4n) is 2.26. The van der Waals surface area contributed by atoms with Crippen LogP contribution in [0.1, 0.15) is 36.6 Å². The highest BCUT2D eigenvalue weighted by atomic mass is 32.1. The van der Waals surface area contributed by atoms with Gasteiger partial charge in [-0.2, -0.15) is 11.3 Å². The zero-order valence-electron chi connectivity index (χ0n) is 11.5. The second-order valence-electron chi connectivity index (χ2n) is 4.56. The average Bonchev–Trinajstić information content (AvgIpc) is 2.98. The Morgan fingerprint density at radius 3 is 2.53 bits per heavy atom. The number of nitrogens with one attached hydrogen (secondary N) is 1. The van der Waals surface area contributed by atoms with Crippen LogP contribution >= 0.6 is 11.3 Å². The van der Waals surface area contributed by atoms with Crippen LogP contribution < -0.4 is 5.32 Å². The number of hydrogen-bond donors (Lipinski definition) is 1. The first-order valence-electron chi connectivity index (χ1n) is 6.70. The lowest BCUT2D eigenvalue weighted by Gasteiger charge is -2.27. The van der Waals surface area contributed by atoms with Gasteiger partial charge < -0.3 is 10.1 Å². The van der Waals surface area contributed by atoms with Crippen molar-refractivity contribution < 1.29 is 4.74 Å². The average molecular weight is 275 g/mol. The van der Waals surface area contributed by atoms with Crippen LogP contribution in [0.5, 0.6) is 0 Å². The van der Waals surface area contributed by atoms with E-state index in [4.69, 9.17) is 4.74 Å². The Kier molecular flexibility index (Phi) is 5.58. The van der Waals surface area contributed by atoms with Gasteiger partial charge >= 0.3 is 0 Å². The summed E-state index contributed by atoms with van der Waals surface area (Å²) in [6.45, 7) is 3.18. The van der Waals surface area contributed by atoms with Crippen LogP contribution in [0.3, 0.4) is 0 Å². The van der Waals surface area contributed by atoms with Crippen molar-refractivity contribution in [1.82, 2.24) is 5.32 Å². The molecule has 0 aliphatic carbocycles. The summed E-state index contributed by atoms with van der Waals surface area (Å²) < 4.78 is 5.76. The van der Waals surface area contributed by atoms with Crippen molar-refractivity contribution in [3.63, 3.8) is 0 Å². The summed E-state index contributed by atoms with van der Waals surface area (Å²) in [6, 6.07) is 12.8. The molecule has 1 N–H and O–H groups in total. The van der Waals surface area contributed by atoms with E-state index in [9.17, 15) is 0 Å². The van der Waals surface area contributed by atoms with Gasteiger partial charge in [0.25, 0.3) is 0 Å². The fraction of sp³-hybridized carbons (Fsp3) is 0.375. The van der Waals surface area contributed by atoms with Gasteiger partial charge in [0.1, 0.15) is 6.10 Å². The van der Waals surface area contributed by atoms with E-state index in [1.807, 2.05) is 6.07 Å². The van der Waals surface area contributed by atoms with E-state index in [2.05, 4.69) is 53.3 Å². The van der Waals surface area contributed by atoms with E-state index >= 15 is 0 Å². The quantitative estimate of drug-likeness (QED) is 0.818. The maximum atomic E-state index is 5.76. The molecule has 2 unspecified atom stereocenters. The Bertz CT molecular complexity index is 455. The molecule has 0 spiro atoms. The van der Waals surface area contributed by atoms with E-state index in [-0.39, 0.29) is 12.1 Å². The van der Waals surface area contributed by atoms with Crippen LogP contribution in [-0.2, 0) is 4.74 Å². The zero-order chi connectivity index (χ0) is 13.5. The normalized spacial score (nSPS) is 14.2. The minimum atomic E-state index is 0.0438. The molecule has 0 saturated heterocycles. The lowest BCUT2D eigenvalue weighted by Crippen LogP contribution is -2.28. The predicted octanol–water partition coefficient (Wildman–Crippen LogP) is 4.18. The van der Waals surface area contributed by atoms with Crippen molar-refractivity contribution in [3.05, 3.63) is 58.3 Å². The van der Waals surface area contributed by atoms with E-state index < -0.39 is 0 Å². The largest absolute Gasteiger partial charge is 0.375 e. The first kappa shape index (κ1) is 14.3. The van der Waals surface area contributed by atoms with Crippen LogP contribution in [0, 0.1) is 0 Å². The van der Waals surface area contributed by atoms with E-state index in [1.54, 1.807) is 18.4 Å². The minimum Gasteiger partial charge on any atom is -0.375 e. The Labute approximate surface area is 119 Å².